The van der Waals surface area contributed by atoms with Crippen molar-refractivity contribution in [1.82, 2.24) is 5.32 Å². The summed E-state index contributed by atoms with van der Waals surface area (Å²) in [5.74, 6) is 1.48. The van der Waals surface area contributed by atoms with E-state index in [-0.39, 0.29) is 11.7 Å². The molecule has 0 saturated heterocycles. The van der Waals surface area contributed by atoms with E-state index in [9.17, 15) is 4.79 Å². The SMILES string of the molecule is CC(CNC(=O)Cc1ccc(/C(N)=N/O)cc1)C1CC1. The van der Waals surface area contributed by atoms with E-state index in [1.54, 1.807) is 12.1 Å². The lowest BCUT2D eigenvalue weighted by Crippen LogP contribution is -2.30. The Bertz CT molecular complexity index is 492. The van der Waals surface area contributed by atoms with Crippen molar-refractivity contribution in [2.45, 2.75) is 26.2 Å². The highest BCUT2D eigenvalue weighted by Crippen LogP contribution is 2.36. The molecule has 0 bridgehead atoms. The van der Waals surface area contributed by atoms with Gasteiger partial charge in [-0.05, 0) is 30.2 Å². The summed E-state index contributed by atoms with van der Waals surface area (Å²) in [5, 5.41) is 14.5. The Morgan fingerprint density at radius 2 is 2.10 bits per heavy atom. The van der Waals surface area contributed by atoms with Gasteiger partial charge >= 0.3 is 0 Å². The number of carbonyl (C=O) groups is 1. The largest absolute Gasteiger partial charge is 0.409 e. The first-order chi connectivity index (χ1) is 9.60. The van der Waals surface area contributed by atoms with Crippen molar-refractivity contribution in [3.63, 3.8) is 0 Å². The molecule has 1 amide bonds. The van der Waals surface area contributed by atoms with Crippen LogP contribution < -0.4 is 11.1 Å². The summed E-state index contributed by atoms with van der Waals surface area (Å²) in [7, 11) is 0. The number of carbonyl (C=O) groups excluding carboxylic acids is 1. The second-order valence-corrected chi connectivity index (χ2v) is 5.48. The summed E-state index contributed by atoms with van der Waals surface area (Å²) in [5.41, 5.74) is 7.03. The number of amides is 1. The van der Waals surface area contributed by atoms with Crippen molar-refractivity contribution in [1.29, 1.82) is 0 Å². The van der Waals surface area contributed by atoms with Gasteiger partial charge < -0.3 is 16.3 Å². The van der Waals surface area contributed by atoms with Crippen molar-refractivity contribution in [2.75, 3.05) is 6.54 Å². The number of hydrogen-bond acceptors (Lipinski definition) is 3. The average Bonchev–Trinajstić information content (AvgIpc) is 3.29. The number of rotatable bonds is 6. The maximum Gasteiger partial charge on any atom is 0.224 e. The number of nitrogens with zero attached hydrogens (tertiary/aromatic N) is 1. The van der Waals surface area contributed by atoms with E-state index in [2.05, 4.69) is 17.4 Å². The van der Waals surface area contributed by atoms with Crippen LogP contribution in [-0.2, 0) is 11.2 Å². The zero-order valence-electron chi connectivity index (χ0n) is 11.7. The highest BCUT2D eigenvalue weighted by atomic mass is 16.4. The van der Waals surface area contributed by atoms with Crippen LogP contribution in [0.1, 0.15) is 30.9 Å². The van der Waals surface area contributed by atoms with Crippen LogP contribution in [0.25, 0.3) is 0 Å². The van der Waals surface area contributed by atoms with Gasteiger partial charge in [0.1, 0.15) is 0 Å². The van der Waals surface area contributed by atoms with Crippen LogP contribution in [0.15, 0.2) is 29.4 Å². The highest BCUT2D eigenvalue weighted by Gasteiger charge is 2.27. The minimum Gasteiger partial charge on any atom is -0.409 e. The Balaban J connectivity index is 1.81. The summed E-state index contributed by atoms with van der Waals surface area (Å²) >= 11 is 0. The van der Waals surface area contributed by atoms with Gasteiger partial charge in [0.05, 0.1) is 6.42 Å². The van der Waals surface area contributed by atoms with Gasteiger partial charge in [-0.3, -0.25) is 4.79 Å². The molecular weight excluding hydrogens is 254 g/mol. The van der Waals surface area contributed by atoms with Crippen molar-refractivity contribution in [2.24, 2.45) is 22.7 Å². The summed E-state index contributed by atoms with van der Waals surface area (Å²) < 4.78 is 0. The van der Waals surface area contributed by atoms with Gasteiger partial charge in [-0.2, -0.15) is 0 Å². The second kappa shape index (κ2) is 6.41. The van der Waals surface area contributed by atoms with Crippen molar-refractivity contribution >= 4 is 11.7 Å². The van der Waals surface area contributed by atoms with E-state index < -0.39 is 0 Å². The van der Waals surface area contributed by atoms with Crippen LogP contribution in [0.2, 0.25) is 0 Å². The predicted octanol–water partition coefficient (Wildman–Crippen LogP) is 1.49. The van der Waals surface area contributed by atoms with E-state index in [1.165, 1.54) is 12.8 Å². The van der Waals surface area contributed by atoms with Gasteiger partial charge in [0.2, 0.25) is 5.91 Å². The lowest BCUT2D eigenvalue weighted by molar-refractivity contribution is -0.120. The number of benzene rings is 1. The third kappa shape index (κ3) is 3.98. The number of nitrogens with two attached hydrogens (primary N) is 1. The molecule has 0 radical (unpaired) electrons. The second-order valence-electron chi connectivity index (χ2n) is 5.48. The zero-order valence-corrected chi connectivity index (χ0v) is 11.7. The third-order valence-corrected chi connectivity index (χ3v) is 3.77. The molecule has 0 spiro atoms. The van der Waals surface area contributed by atoms with Crippen LogP contribution in [0, 0.1) is 11.8 Å². The minimum absolute atomic E-state index is 0.0362. The fourth-order valence-electron chi connectivity index (χ4n) is 2.21. The monoisotopic (exact) mass is 275 g/mol. The summed E-state index contributed by atoms with van der Waals surface area (Å²) in [6.45, 7) is 2.94. The number of amidine groups is 1. The summed E-state index contributed by atoms with van der Waals surface area (Å²) in [6, 6.07) is 7.11. The lowest BCUT2D eigenvalue weighted by atomic mass is 10.1. The minimum atomic E-state index is 0.0362. The maximum absolute atomic E-state index is 11.8. The molecule has 1 aromatic carbocycles. The number of oxime groups is 1. The molecule has 1 aromatic rings. The van der Waals surface area contributed by atoms with Gasteiger partial charge in [-0.15, -0.1) is 0 Å². The highest BCUT2D eigenvalue weighted by molar-refractivity contribution is 5.97. The molecule has 4 N–H and O–H groups in total. The van der Waals surface area contributed by atoms with Crippen LogP contribution in [0.3, 0.4) is 0 Å². The number of hydrogen-bond donors (Lipinski definition) is 3. The molecule has 5 nitrogen and oxygen atoms in total. The fourth-order valence-corrected chi connectivity index (χ4v) is 2.21. The van der Waals surface area contributed by atoms with Gasteiger partial charge in [-0.25, -0.2) is 0 Å². The van der Waals surface area contributed by atoms with Gasteiger partial charge in [0.15, 0.2) is 5.84 Å². The number of nitrogens with one attached hydrogen (secondary N) is 1. The van der Waals surface area contributed by atoms with Crippen LogP contribution in [0.5, 0.6) is 0 Å². The Labute approximate surface area is 118 Å². The van der Waals surface area contributed by atoms with Gasteiger partial charge in [-0.1, -0.05) is 36.3 Å². The molecule has 1 atom stereocenters. The average molecular weight is 275 g/mol. The molecule has 1 aliphatic rings. The smallest absolute Gasteiger partial charge is 0.224 e. The summed E-state index contributed by atoms with van der Waals surface area (Å²) in [6.07, 6.45) is 2.95. The van der Waals surface area contributed by atoms with Gasteiger partial charge in [0, 0.05) is 12.1 Å². The van der Waals surface area contributed by atoms with Gasteiger partial charge in [0.25, 0.3) is 0 Å². The molecule has 0 aromatic heterocycles. The molecule has 1 fully saturated rings. The Morgan fingerprint density at radius 1 is 1.45 bits per heavy atom. The lowest BCUT2D eigenvalue weighted by Gasteiger charge is -2.11. The fraction of sp³-hybridized carbons (Fsp3) is 0.467. The Morgan fingerprint density at radius 3 is 2.65 bits per heavy atom. The molecule has 20 heavy (non-hydrogen) atoms. The molecule has 1 saturated carbocycles. The molecule has 2 rings (SSSR count). The van der Waals surface area contributed by atoms with Crippen LogP contribution >= 0.6 is 0 Å². The van der Waals surface area contributed by atoms with E-state index in [1.807, 2.05) is 12.1 Å². The topological polar surface area (TPSA) is 87.7 Å². The van der Waals surface area contributed by atoms with Crippen LogP contribution in [0.4, 0.5) is 0 Å². The molecule has 0 heterocycles. The first kappa shape index (κ1) is 14.4. The Kier molecular flexibility index (Phi) is 4.61. The van der Waals surface area contributed by atoms with E-state index >= 15 is 0 Å². The molecule has 1 aliphatic carbocycles. The third-order valence-electron chi connectivity index (χ3n) is 3.77. The molecule has 108 valence electrons. The molecule has 0 aliphatic heterocycles. The van der Waals surface area contributed by atoms with E-state index in [0.29, 0.717) is 17.9 Å². The molecular formula is C15H21N3O2. The van der Waals surface area contributed by atoms with Crippen molar-refractivity contribution < 1.29 is 10.0 Å². The predicted molar refractivity (Wildman–Crippen MR) is 77.6 cm³/mol. The van der Waals surface area contributed by atoms with E-state index in [0.717, 1.165) is 18.0 Å². The first-order valence-corrected chi connectivity index (χ1v) is 6.93. The quantitative estimate of drug-likeness (QED) is 0.318. The first-order valence-electron chi connectivity index (χ1n) is 6.93. The summed E-state index contributed by atoms with van der Waals surface area (Å²) in [4.78, 5) is 11.8. The molecule has 5 heteroatoms. The van der Waals surface area contributed by atoms with Crippen LogP contribution in [-0.4, -0.2) is 23.5 Å². The normalized spacial score (nSPS) is 16.8. The van der Waals surface area contributed by atoms with Crippen molar-refractivity contribution in [3.05, 3.63) is 35.4 Å². The van der Waals surface area contributed by atoms with Crippen molar-refractivity contribution in [3.8, 4) is 0 Å². The Hall–Kier alpha value is -2.04. The zero-order chi connectivity index (χ0) is 14.5. The standard InChI is InChI=1S/C15H21N3O2/c1-10(12-6-7-12)9-17-14(19)8-11-2-4-13(5-3-11)15(16)18-20/h2-5,10,12,20H,6-9H2,1H3,(H2,16,18)(H,17,19). The molecule has 1 unspecified atom stereocenters. The van der Waals surface area contributed by atoms with E-state index in [4.69, 9.17) is 10.9 Å². The maximum atomic E-state index is 11.8.